The Labute approximate surface area is 132 Å². The van der Waals surface area contributed by atoms with Crippen molar-refractivity contribution in [3.8, 4) is 0 Å². The van der Waals surface area contributed by atoms with E-state index < -0.39 is 0 Å². The monoisotopic (exact) mass is 292 g/mol. The molecule has 0 saturated heterocycles. The highest BCUT2D eigenvalue weighted by molar-refractivity contribution is 5.78. The molecule has 0 spiro atoms. The maximum absolute atomic E-state index is 12.1. The fraction of sp³-hybridized carbons (Fsp3) is 0.950. The topological polar surface area (TPSA) is 17.1 Å². The SMILES string of the molecule is CCCCCCCCCCCC(=O)CC1CC2CCC1C2. The second-order valence-electron chi connectivity index (χ2n) is 7.76. The van der Waals surface area contributed by atoms with Gasteiger partial charge in [0, 0.05) is 12.8 Å². The van der Waals surface area contributed by atoms with Gasteiger partial charge in [0.05, 0.1) is 0 Å². The number of unbranched alkanes of at least 4 members (excludes halogenated alkanes) is 8. The minimum atomic E-state index is 0.565. The van der Waals surface area contributed by atoms with Crippen molar-refractivity contribution < 1.29 is 4.79 Å². The molecule has 1 nitrogen and oxygen atoms in total. The molecular formula is C20H36O. The number of hydrogen-bond acceptors (Lipinski definition) is 1. The molecule has 0 aliphatic heterocycles. The van der Waals surface area contributed by atoms with Crippen LogP contribution >= 0.6 is 0 Å². The van der Waals surface area contributed by atoms with Crippen LogP contribution in [-0.4, -0.2) is 5.78 Å². The molecule has 3 atom stereocenters. The zero-order chi connectivity index (χ0) is 14.9. The number of carbonyl (C=O) groups is 1. The molecule has 0 aromatic carbocycles. The van der Waals surface area contributed by atoms with Gasteiger partial charge in [-0.25, -0.2) is 0 Å². The standard InChI is InChI=1S/C20H36O/c1-2-3-4-5-6-7-8-9-10-11-20(21)16-19-15-17-12-13-18(19)14-17/h17-19H,2-16H2,1H3. The van der Waals surface area contributed by atoms with E-state index in [9.17, 15) is 4.79 Å². The summed E-state index contributed by atoms with van der Waals surface area (Å²) in [6.45, 7) is 2.27. The normalized spacial score (nSPS) is 27.4. The molecule has 122 valence electrons. The van der Waals surface area contributed by atoms with Gasteiger partial charge in [-0.1, -0.05) is 64.7 Å². The summed E-state index contributed by atoms with van der Waals surface area (Å²) in [4.78, 5) is 12.1. The molecule has 2 saturated carbocycles. The van der Waals surface area contributed by atoms with E-state index in [1.165, 1.54) is 77.0 Å². The molecule has 0 radical (unpaired) electrons. The van der Waals surface area contributed by atoms with E-state index in [1.807, 2.05) is 0 Å². The van der Waals surface area contributed by atoms with Gasteiger partial charge < -0.3 is 0 Å². The van der Waals surface area contributed by atoms with Crippen molar-refractivity contribution in [3.05, 3.63) is 0 Å². The highest BCUT2D eigenvalue weighted by Gasteiger charge is 2.39. The molecular weight excluding hydrogens is 256 g/mol. The van der Waals surface area contributed by atoms with E-state index >= 15 is 0 Å². The van der Waals surface area contributed by atoms with Crippen molar-refractivity contribution in [1.29, 1.82) is 0 Å². The summed E-state index contributed by atoms with van der Waals surface area (Å²) in [5.41, 5.74) is 0. The molecule has 1 heteroatoms. The van der Waals surface area contributed by atoms with Crippen LogP contribution in [-0.2, 0) is 4.79 Å². The van der Waals surface area contributed by atoms with Crippen molar-refractivity contribution in [1.82, 2.24) is 0 Å². The van der Waals surface area contributed by atoms with E-state index in [4.69, 9.17) is 0 Å². The number of carbonyl (C=O) groups excluding carboxylic acids is 1. The summed E-state index contributed by atoms with van der Waals surface area (Å²) >= 11 is 0. The molecule has 2 aliphatic rings. The first-order valence-electron chi connectivity index (χ1n) is 9.81. The van der Waals surface area contributed by atoms with Gasteiger partial charge in [-0.15, -0.1) is 0 Å². The summed E-state index contributed by atoms with van der Waals surface area (Å²) in [7, 11) is 0. The van der Waals surface area contributed by atoms with Gasteiger partial charge in [0.1, 0.15) is 5.78 Å². The quantitative estimate of drug-likeness (QED) is 0.386. The first kappa shape index (κ1) is 17.0. The minimum absolute atomic E-state index is 0.565. The van der Waals surface area contributed by atoms with Crippen molar-refractivity contribution in [3.63, 3.8) is 0 Å². The first-order valence-corrected chi connectivity index (χ1v) is 9.81. The summed E-state index contributed by atoms with van der Waals surface area (Å²) in [5, 5.41) is 0. The Morgan fingerprint density at radius 3 is 2.10 bits per heavy atom. The fourth-order valence-corrected chi connectivity index (χ4v) is 4.65. The summed E-state index contributed by atoms with van der Waals surface area (Å²) in [6, 6.07) is 0. The smallest absolute Gasteiger partial charge is 0.133 e. The summed E-state index contributed by atoms with van der Waals surface area (Å²) < 4.78 is 0. The third kappa shape index (κ3) is 6.12. The van der Waals surface area contributed by atoms with Crippen LogP contribution in [0.2, 0.25) is 0 Å². The lowest BCUT2D eigenvalue weighted by Gasteiger charge is -2.20. The largest absolute Gasteiger partial charge is 0.300 e. The summed E-state index contributed by atoms with van der Waals surface area (Å²) in [6.07, 6.45) is 19.6. The van der Waals surface area contributed by atoms with E-state index in [-0.39, 0.29) is 0 Å². The van der Waals surface area contributed by atoms with Gasteiger partial charge in [0.2, 0.25) is 0 Å². The van der Waals surface area contributed by atoms with Crippen LogP contribution in [0.3, 0.4) is 0 Å². The molecule has 3 unspecified atom stereocenters. The zero-order valence-corrected chi connectivity index (χ0v) is 14.2. The average Bonchev–Trinajstić information content (AvgIpc) is 3.08. The predicted molar refractivity (Wildman–Crippen MR) is 90.4 cm³/mol. The van der Waals surface area contributed by atoms with Gasteiger partial charge >= 0.3 is 0 Å². The number of hydrogen-bond donors (Lipinski definition) is 0. The third-order valence-corrected chi connectivity index (χ3v) is 5.93. The van der Waals surface area contributed by atoms with Crippen LogP contribution in [0.4, 0.5) is 0 Å². The van der Waals surface area contributed by atoms with E-state index in [0.717, 1.165) is 37.0 Å². The highest BCUT2D eigenvalue weighted by Crippen LogP contribution is 2.49. The lowest BCUT2D eigenvalue weighted by molar-refractivity contribution is -0.120. The van der Waals surface area contributed by atoms with E-state index in [0.29, 0.717) is 5.78 Å². The lowest BCUT2D eigenvalue weighted by atomic mass is 9.84. The average molecular weight is 293 g/mol. The zero-order valence-electron chi connectivity index (χ0n) is 14.2. The Balaban J connectivity index is 1.39. The Kier molecular flexibility index (Phi) is 7.82. The molecule has 2 bridgehead atoms. The van der Waals surface area contributed by atoms with Gasteiger partial charge in [-0.3, -0.25) is 4.79 Å². The van der Waals surface area contributed by atoms with Crippen molar-refractivity contribution >= 4 is 5.78 Å². The minimum Gasteiger partial charge on any atom is -0.300 e. The number of ketones is 1. The van der Waals surface area contributed by atoms with Crippen LogP contribution in [0.5, 0.6) is 0 Å². The van der Waals surface area contributed by atoms with Crippen molar-refractivity contribution in [2.24, 2.45) is 17.8 Å². The van der Waals surface area contributed by atoms with Gasteiger partial charge in [0.25, 0.3) is 0 Å². The number of fused-ring (bicyclic) bond motifs is 2. The van der Waals surface area contributed by atoms with Crippen molar-refractivity contribution in [2.45, 2.75) is 103 Å². The molecule has 2 rings (SSSR count). The Bertz CT molecular complexity index is 296. The second-order valence-corrected chi connectivity index (χ2v) is 7.76. The maximum Gasteiger partial charge on any atom is 0.133 e. The van der Waals surface area contributed by atoms with Crippen LogP contribution in [0.1, 0.15) is 103 Å². The van der Waals surface area contributed by atoms with Crippen LogP contribution in [0.25, 0.3) is 0 Å². The highest BCUT2D eigenvalue weighted by atomic mass is 16.1. The molecule has 21 heavy (non-hydrogen) atoms. The van der Waals surface area contributed by atoms with Gasteiger partial charge in [-0.05, 0) is 43.4 Å². The molecule has 0 heterocycles. The van der Waals surface area contributed by atoms with Crippen LogP contribution < -0.4 is 0 Å². The Morgan fingerprint density at radius 2 is 1.52 bits per heavy atom. The Hall–Kier alpha value is -0.330. The fourth-order valence-electron chi connectivity index (χ4n) is 4.65. The maximum atomic E-state index is 12.1. The third-order valence-electron chi connectivity index (χ3n) is 5.93. The number of rotatable bonds is 12. The van der Waals surface area contributed by atoms with Crippen LogP contribution in [0, 0.1) is 17.8 Å². The molecule has 0 N–H and O–H groups in total. The molecule has 0 amide bonds. The lowest BCUT2D eigenvalue weighted by Crippen LogP contribution is -2.15. The Morgan fingerprint density at radius 1 is 0.857 bits per heavy atom. The summed E-state index contributed by atoms with van der Waals surface area (Å²) in [5.74, 6) is 3.24. The molecule has 2 aliphatic carbocycles. The first-order chi connectivity index (χ1) is 10.3. The van der Waals surface area contributed by atoms with E-state index in [2.05, 4.69) is 6.92 Å². The molecule has 0 aromatic heterocycles. The predicted octanol–water partition coefficient (Wildman–Crippen LogP) is 6.30. The van der Waals surface area contributed by atoms with Crippen LogP contribution in [0.15, 0.2) is 0 Å². The number of Topliss-reactive ketones (excluding diaryl/α,β-unsaturated/α-hetero) is 1. The van der Waals surface area contributed by atoms with Gasteiger partial charge in [0.15, 0.2) is 0 Å². The molecule has 0 aromatic rings. The van der Waals surface area contributed by atoms with Gasteiger partial charge in [-0.2, -0.15) is 0 Å². The van der Waals surface area contributed by atoms with E-state index in [1.54, 1.807) is 0 Å². The molecule has 2 fully saturated rings. The second kappa shape index (κ2) is 9.64. The van der Waals surface area contributed by atoms with Crippen molar-refractivity contribution in [2.75, 3.05) is 0 Å².